The van der Waals surface area contributed by atoms with Crippen molar-refractivity contribution >= 4 is 17.9 Å². The molecule has 2 aliphatic heterocycles. The quantitative estimate of drug-likeness (QED) is 0.471. The lowest BCUT2D eigenvalue weighted by Gasteiger charge is -2.62. The normalized spacial score (nSPS) is 47.4. The Labute approximate surface area is 190 Å². The van der Waals surface area contributed by atoms with Crippen molar-refractivity contribution in [3.63, 3.8) is 0 Å². The van der Waals surface area contributed by atoms with Gasteiger partial charge in [-0.25, -0.2) is 0 Å². The van der Waals surface area contributed by atoms with Crippen LogP contribution in [0, 0.1) is 29.1 Å². The Kier molecular flexibility index (Phi) is 5.88. The maximum absolute atomic E-state index is 12.3. The molecule has 2 saturated heterocycles. The molecule has 7 heteroatoms. The lowest BCUT2D eigenvalue weighted by atomic mass is 9.51. The van der Waals surface area contributed by atoms with Gasteiger partial charge in [-0.1, -0.05) is 13.8 Å². The molecule has 32 heavy (non-hydrogen) atoms. The molecule has 180 valence electrons. The molecule has 2 aliphatic carbocycles. The molecule has 4 fully saturated rings. The van der Waals surface area contributed by atoms with Crippen LogP contribution in [-0.2, 0) is 33.3 Å². The SMILES string of the molecule is CC(=O)O[C@H]1CC[C@]2(C)O[C@@](OC(C)=O)(C1)[C@H](C)[C@H]1[C@@H]3CC[C@H](OC(C)=O)[C@]3(C)CC[C@@H]12. The van der Waals surface area contributed by atoms with Crippen LogP contribution < -0.4 is 0 Å². The first-order valence-corrected chi connectivity index (χ1v) is 12.1. The second-order valence-electron chi connectivity index (χ2n) is 11.1. The van der Waals surface area contributed by atoms with Crippen molar-refractivity contribution in [3.8, 4) is 0 Å². The number of carbonyl (C=O) groups excluding carboxylic acids is 3. The summed E-state index contributed by atoms with van der Waals surface area (Å²) in [6.07, 6.45) is 5.18. The van der Waals surface area contributed by atoms with E-state index in [4.69, 9.17) is 18.9 Å². The molecule has 0 unspecified atom stereocenters. The van der Waals surface area contributed by atoms with Crippen LogP contribution in [0.25, 0.3) is 0 Å². The summed E-state index contributed by atoms with van der Waals surface area (Å²) in [6, 6.07) is 0. The van der Waals surface area contributed by atoms with Gasteiger partial charge in [-0.05, 0) is 63.2 Å². The smallest absolute Gasteiger partial charge is 0.305 e. The average molecular weight is 451 g/mol. The van der Waals surface area contributed by atoms with Gasteiger partial charge in [-0.15, -0.1) is 0 Å². The fourth-order valence-electron chi connectivity index (χ4n) is 7.87. The Balaban J connectivity index is 1.74. The van der Waals surface area contributed by atoms with Crippen LogP contribution in [0.4, 0.5) is 0 Å². The Morgan fingerprint density at radius 2 is 1.53 bits per heavy atom. The van der Waals surface area contributed by atoms with Gasteiger partial charge in [0.15, 0.2) is 0 Å². The van der Waals surface area contributed by atoms with E-state index in [0.717, 1.165) is 32.1 Å². The molecule has 7 nitrogen and oxygen atoms in total. The number of hydrogen-bond acceptors (Lipinski definition) is 7. The van der Waals surface area contributed by atoms with Gasteiger partial charge >= 0.3 is 17.9 Å². The zero-order valence-electron chi connectivity index (χ0n) is 20.3. The molecule has 4 rings (SSSR count). The highest BCUT2D eigenvalue weighted by Crippen LogP contribution is 2.66. The second-order valence-corrected chi connectivity index (χ2v) is 11.1. The van der Waals surface area contributed by atoms with E-state index in [1.807, 2.05) is 0 Å². The first-order valence-electron chi connectivity index (χ1n) is 12.1. The number of fused-ring (bicyclic) bond motifs is 6. The summed E-state index contributed by atoms with van der Waals surface area (Å²) in [6.45, 7) is 10.9. The van der Waals surface area contributed by atoms with Crippen LogP contribution in [0.2, 0.25) is 0 Å². The van der Waals surface area contributed by atoms with Gasteiger partial charge in [-0.3, -0.25) is 14.4 Å². The predicted molar refractivity (Wildman–Crippen MR) is 115 cm³/mol. The standard InChI is InChI=1S/C25H38O7/c1-14-22-19-7-8-21(30-16(3)27)23(19,5)11-10-20(22)24(6)12-9-18(29-15(2)26)13-25(14,32-24)31-17(4)28/h14,18-22H,7-13H2,1-6H3/t14-,18+,19+,20+,21+,22+,23-,24+,25+/m1/s1. The zero-order chi connectivity index (χ0) is 23.5. The summed E-state index contributed by atoms with van der Waals surface area (Å²) < 4.78 is 24.2. The monoisotopic (exact) mass is 450 g/mol. The highest BCUT2D eigenvalue weighted by molar-refractivity contribution is 5.67. The van der Waals surface area contributed by atoms with Crippen LogP contribution in [0.15, 0.2) is 0 Å². The molecule has 2 bridgehead atoms. The van der Waals surface area contributed by atoms with E-state index in [9.17, 15) is 14.4 Å². The first-order chi connectivity index (χ1) is 14.9. The first kappa shape index (κ1) is 23.5. The number of esters is 3. The third-order valence-electron chi connectivity index (χ3n) is 9.14. The van der Waals surface area contributed by atoms with E-state index < -0.39 is 11.4 Å². The Hall–Kier alpha value is -1.63. The number of hydrogen-bond donors (Lipinski definition) is 0. The Bertz CT molecular complexity index is 795. The summed E-state index contributed by atoms with van der Waals surface area (Å²) >= 11 is 0. The van der Waals surface area contributed by atoms with E-state index in [1.165, 1.54) is 20.8 Å². The molecule has 0 N–H and O–H groups in total. The van der Waals surface area contributed by atoms with Crippen molar-refractivity contribution in [2.24, 2.45) is 29.1 Å². The minimum Gasteiger partial charge on any atom is -0.462 e. The van der Waals surface area contributed by atoms with Gasteiger partial charge in [0.1, 0.15) is 12.2 Å². The zero-order valence-corrected chi connectivity index (χ0v) is 20.3. The number of ether oxygens (including phenoxy) is 4. The van der Waals surface area contributed by atoms with Gasteiger partial charge in [0.25, 0.3) is 0 Å². The number of rotatable bonds is 3. The van der Waals surface area contributed by atoms with E-state index in [-0.39, 0.29) is 47.4 Å². The van der Waals surface area contributed by atoms with Gasteiger partial charge in [0, 0.05) is 32.1 Å². The number of carbonyl (C=O) groups is 3. The molecule has 2 saturated carbocycles. The van der Waals surface area contributed by atoms with Crippen LogP contribution in [0.3, 0.4) is 0 Å². The van der Waals surface area contributed by atoms with E-state index in [1.54, 1.807) is 0 Å². The van der Waals surface area contributed by atoms with Crippen LogP contribution in [-0.4, -0.2) is 41.5 Å². The molecule has 0 spiro atoms. The molecule has 0 amide bonds. The largest absolute Gasteiger partial charge is 0.462 e. The average Bonchev–Trinajstić information content (AvgIpc) is 2.92. The third kappa shape index (κ3) is 3.74. The minimum atomic E-state index is -1.13. The third-order valence-corrected chi connectivity index (χ3v) is 9.14. The second kappa shape index (κ2) is 8.00. The fraction of sp³-hybridized carbons (Fsp3) is 0.880. The van der Waals surface area contributed by atoms with Crippen molar-refractivity contribution in [2.75, 3.05) is 0 Å². The molecule has 9 atom stereocenters. The maximum atomic E-state index is 12.3. The highest BCUT2D eigenvalue weighted by Gasteiger charge is 2.67. The van der Waals surface area contributed by atoms with Crippen LogP contribution >= 0.6 is 0 Å². The summed E-state index contributed by atoms with van der Waals surface area (Å²) in [5, 5.41) is 0. The molecular formula is C25H38O7. The van der Waals surface area contributed by atoms with Crippen LogP contribution in [0.5, 0.6) is 0 Å². The van der Waals surface area contributed by atoms with Crippen molar-refractivity contribution in [3.05, 3.63) is 0 Å². The summed E-state index contributed by atoms with van der Waals surface area (Å²) in [7, 11) is 0. The Morgan fingerprint density at radius 1 is 0.844 bits per heavy atom. The van der Waals surface area contributed by atoms with E-state index in [0.29, 0.717) is 24.7 Å². The molecule has 0 aromatic heterocycles. The Morgan fingerprint density at radius 3 is 2.16 bits per heavy atom. The van der Waals surface area contributed by atoms with Crippen molar-refractivity contribution in [1.29, 1.82) is 0 Å². The highest BCUT2D eigenvalue weighted by atomic mass is 16.7. The van der Waals surface area contributed by atoms with Crippen LogP contribution in [0.1, 0.15) is 86.5 Å². The van der Waals surface area contributed by atoms with Crippen molar-refractivity contribution in [2.45, 2.75) is 110 Å². The predicted octanol–water partition coefficient (Wildman–Crippen LogP) is 4.16. The summed E-state index contributed by atoms with van der Waals surface area (Å²) in [5.74, 6) is -1.20. The topological polar surface area (TPSA) is 88.1 Å². The van der Waals surface area contributed by atoms with Gasteiger partial charge in [0.2, 0.25) is 5.79 Å². The van der Waals surface area contributed by atoms with Gasteiger partial charge in [-0.2, -0.15) is 0 Å². The summed E-state index contributed by atoms with van der Waals surface area (Å²) in [5.41, 5.74) is -0.562. The molecule has 2 heterocycles. The minimum absolute atomic E-state index is 0.0682. The molecule has 0 aromatic carbocycles. The molecule has 0 aromatic rings. The van der Waals surface area contributed by atoms with Gasteiger partial charge < -0.3 is 18.9 Å². The van der Waals surface area contributed by atoms with E-state index >= 15 is 0 Å². The van der Waals surface area contributed by atoms with Crippen molar-refractivity contribution in [1.82, 2.24) is 0 Å². The molecular weight excluding hydrogens is 412 g/mol. The fourth-order valence-corrected chi connectivity index (χ4v) is 7.87. The molecule has 0 radical (unpaired) electrons. The van der Waals surface area contributed by atoms with E-state index in [2.05, 4.69) is 20.8 Å². The lowest BCUT2D eigenvalue weighted by molar-refractivity contribution is -0.358. The molecule has 4 aliphatic rings. The summed E-state index contributed by atoms with van der Waals surface area (Å²) in [4.78, 5) is 35.8. The maximum Gasteiger partial charge on any atom is 0.305 e. The van der Waals surface area contributed by atoms with Gasteiger partial charge in [0.05, 0.1) is 12.0 Å². The van der Waals surface area contributed by atoms with Crippen molar-refractivity contribution < 1.29 is 33.3 Å². The lowest BCUT2D eigenvalue weighted by Crippen LogP contribution is -2.65.